The van der Waals surface area contributed by atoms with Crippen LogP contribution in [0.3, 0.4) is 0 Å². The first kappa shape index (κ1) is 22.5. The van der Waals surface area contributed by atoms with Gasteiger partial charge in [-0.15, -0.1) is 0 Å². The van der Waals surface area contributed by atoms with Gasteiger partial charge in [-0.25, -0.2) is 15.0 Å². The lowest BCUT2D eigenvalue weighted by Gasteiger charge is -2.38. The van der Waals surface area contributed by atoms with Crippen LogP contribution in [-0.2, 0) is 11.8 Å². The summed E-state index contributed by atoms with van der Waals surface area (Å²) >= 11 is 6.60. The van der Waals surface area contributed by atoms with Crippen LogP contribution in [0.1, 0.15) is 18.5 Å². The number of imidazole rings is 1. The summed E-state index contributed by atoms with van der Waals surface area (Å²) < 4.78 is 14.0. The zero-order valence-corrected chi connectivity index (χ0v) is 20.9. The standard InChI is InChI=1S/C26H25ClN8O2/c1-34-15-31-19-11-17(3-4-21(19)34)37-22-5-2-16(10-18(22)27)32-24-23-20(29-14-30-24)12-28-25(33-23)35-8-9-36-26(13-35)6-7-26/h2-5,10-12,14-15,25,33H,6-9,13H2,1H3,(H,29,30,32). The summed E-state index contributed by atoms with van der Waals surface area (Å²) in [5, 5.41) is 7.36. The lowest BCUT2D eigenvalue weighted by molar-refractivity contribution is -0.0553. The summed E-state index contributed by atoms with van der Waals surface area (Å²) in [5.41, 5.74) is 4.24. The Bertz CT molecular complexity index is 1530. The van der Waals surface area contributed by atoms with Crippen LogP contribution in [0, 0.1) is 0 Å². The number of anilines is 3. The monoisotopic (exact) mass is 516 g/mol. The number of aryl methyl sites for hydroxylation is 1. The predicted octanol–water partition coefficient (Wildman–Crippen LogP) is 4.55. The Balaban J connectivity index is 1.09. The minimum Gasteiger partial charge on any atom is -0.456 e. The number of morpholine rings is 1. The van der Waals surface area contributed by atoms with Crippen LogP contribution in [0.2, 0.25) is 5.02 Å². The largest absolute Gasteiger partial charge is 0.456 e. The molecule has 4 aromatic rings. The molecule has 0 amide bonds. The molecule has 11 heteroatoms. The number of halogens is 1. The quantitative estimate of drug-likeness (QED) is 0.398. The van der Waals surface area contributed by atoms with E-state index in [-0.39, 0.29) is 11.9 Å². The van der Waals surface area contributed by atoms with Gasteiger partial charge in [-0.1, -0.05) is 11.6 Å². The number of fused-ring (bicyclic) bond motifs is 2. The molecule has 1 saturated heterocycles. The molecule has 1 saturated carbocycles. The number of hydrogen-bond donors (Lipinski definition) is 2. The van der Waals surface area contributed by atoms with E-state index in [1.807, 2.05) is 48.0 Å². The van der Waals surface area contributed by atoms with Crippen molar-refractivity contribution in [1.29, 1.82) is 0 Å². The third kappa shape index (κ3) is 4.26. The average molecular weight is 517 g/mol. The average Bonchev–Trinajstić information content (AvgIpc) is 3.55. The van der Waals surface area contributed by atoms with E-state index in [9.17, 15) is 0 Å². The van der Waals surface area contributed by atoms with E-state index in [1.165, 1.54) is 6.33 Å². The highest BCUT2D eigenvalue weighted by Gasteiger charge is 2.48. The number of benzene rings is 2. The summed E-state index contributed by atoms with van der Waals surface area (Å²) in [6.07, 6.45) is 7.16. The van der Waals surface area contributed by atoms with Crippen molar-refractivity contribution >= 4 is 46.0 Å². The topological polar surface area (TPSA) is 102 Å². The highest BCUT2D eigenvalue weighted by atomic mass is 35.5. The molecule has 7 rings (SSSR count). The number of hydrogen-bond acceptors (Lipinski definition) is 9. The summed E-state index contributed by atoms with van der Waals surface area (Å²) in [6, 6.07) is 11.3. The molecule has 2 fully saturated rings. The third-order valence-electron chi connectivity index (χ3n) is 7.04. The Kier molecular flexibility index (Phi) is 5.27. The van der Waals surface area contributed by atoms with Crippen molar-refractivity contribution in [2.75, 3.05) is 30.3 Å². The van der Waals surface area contributed by atoms with Gasteiger partial charge in [0.25, 0.3) is 0 Å². The first-order chi connectivity index (χ1) is 18.1. The highest BCUT2D eigenvalue weighted by Crippen LogP contribution is 2.43. The Hall–Kier alpha value is -3.73. The van der Waals surface area contributed by atoms with Crippen molar-refractivity contribution in [1.82, 2.24) is 24.4 Å². The molecule has 2 N–H and O–H groups in total. The van der Waals surface area contributed by atoms with Crippen LogP contribution in [0.4, 0.5) is 17.2 Å². The van der Waals surface area contributed by atoms with Crippen LogP contribution < -0.4 is 15.4 Å². The Morgan fingerprint density at radius 3 is 2.95 bits per heavy atom. The fourth-order valence-electron chi connectivity index (χ4n) is 4.86. The molecular weight excluding hydrogens is 492 g/mol. The number of rotatable bonds is 5. The van der Waals surface area contributed by atoms with Crippen molar-refractivity contribution in [3.05, 3.63) is 59.8 Å². The van der Waals surface area contributed by atoms with Crippen molar-refractivity contribution in [3.8, 4) is 11.5 Å². The lowest BCUT2D eigenvalue weighted by Crippen LogP contribution is -2.51. The molecule has 1 spiro atoms. The molecule has 10 nitrogen and oxygen atoms in total. The smallest absolute Gasteiger partial charge is 0.176 e. The van der Waals surface area contributed by atoms with Gasteiger partial charge >= 0.3 is 0 Å². The molecule has 37 heavy (non-hydrogen) atoms. The minimum atomic E-state index is -0.184. The molecule has 1 aliphatic carbocycles. The van der Waals surface area contributed by atoms with Crippen molar-refractivity contribution < 1.29 is 9.47 Å². The summed E-state index contributed by atoms with van der Waals surface area (Å²) in [4.78, 5) is 20.3. The zero-order valence-electron chi connectivity index (χ0n) is 20.2. The Morgan fingerprint density at radius 2 is 2.08 bits per heavy atom. The lowest BCUT2D eigenvalue weighted by atomic mass is 10.2. The van der Waals surface area contributed by atoms with Crippen molar-refractivity contribution in [2.24, 2.45) is 12.0 Å². The van der Waals surface area contributed by atoms with Gasteiger partial charge in [0, 0.05) is 31.9 Å². The number of aromatic nitrogens is 4. The predicted molar refractivity (Wildman–Crippen MR) is 142 cm³/mol. The van der Waals surface area contributed by atoms with E-state index in [0.717, 1.165) is 60.6 Å². The first-order valence-electron chi connectivity index (χ1n) is 12.2. The SMILES string of the molecule is Cn1cnc2cc(Oc3ccc(Nc4ncnc5c4NC(N4CCOC6(CC6)C4)N=C5)cc3Cl)ccc21. The molecule has 1 atom stereocenters. The second-order valence-corrected chi connectivity index (χ2v) is 10.1. The van der Waals surface area contributed by atoms with Crippen molar-refractivity contribution in [3.63, 3.8) is 0 Å². The molecular formula is C26H25ClN8O2. The van der Waals surface area contributed by atoms with Gasteiger partial charge < -0.3 is 24.7 Å². The van der Waals surface area contributed by atoms with Gasteiger partial charge in [-0.2, -0.15) is 0 Å². The first-order valence-corrected chi connectivity index (χ1v) is 12.6. The molecule has 2 aliphatic heterocycles. The second-order valence-electron chi connectivity index (χ2n) is 9.66. The van der Waals surface area contributed by atoms with Crippen LogP contribution in [0.5, 0.6) is 11.5 Å². The van der Waals surface area contributed by atoms with E-state index in [2.05, 4.69) is 30.5 Å². The molecule has 2 aromatic carbocycles. The fourth-order valence-corrected chi connectivity index (χ4v) is 5.08. The van der Waals surface area contributed by atoms with E-state index in [1.54, 1.807) is 12.5 Å². The third-order valence-corrected chi connectivity index (χ3v) is 7.33. The van der Waals surface area contributed by atoms with Crippen LogP contribution in [0.15, 0.2) is 54.0 Å². The summed E-state index contributed by atoms with van der Waals surface area (Å²) in [5.74, 6) is 1.88. The summed E-state index contributed by atoms with van der Waals surface area (Å²) in [7, 11) is 1.96. The second kappa shape index (κ2) is 8.69. The van der Waals surface area contributed by atoms with Gasteiger partial charge in [-0.3, -0.25) is 9.89 Å². The molecule has 3 aliphatic rings. The van der Waals surface area contributed by atoms with Gasteiger partial charge in [-0.05, 0) is 43.2 Å². The van der Waals surface area contributed by atoms with E-state index >= 15 is 0 Å². The Morgan fingerprint density at radius 1 is 1.16 bits per heavy atom. The number of nitrogens with zero attached hydrogens (tertiary/aromatic N) is 6. The highest BCUT2D eigenvalue weighted by molar-refractivity contribution is 6.32. The summed E-state index contributed by atoms with van der Waals surface area (Å²) in [6.45, 7) is 2.42. The molecule has 0 radical (unpaired) electrons. The van der Waals surface area contributed by atoms with Gasteiger partial charge in [0.1, 0.15) is 29.2 Å². The van der Waals surface area contributed by atoms with Crippen LogP contribution in [0.25, 0.3) is 11.0 Å². The maximum absolute atomic E-state index is 6.60. The number of aliphatic imine (C=N–C) groups is 1. The fraction of sp³-hybridized carbons (Fsp3) is 0.308. The molecule has 188 valence electrons. The number of nitrogens with one attached hydrogen (secondary N) is 2. The molecule has 2 aromatic heterocycles. The minimum absolute atomic E-state index is 0.0217. The van der Waals surface area contributed by atoms with Gasteiger partial charge in [0.15, 0.2) is 12.1 Å². The van der Waals surface area contributed by atoms with Crippen molar-refractivity contribution in [2.45, 2.75) is 24.7 Å². The van der Waals surface area contributed by atoms with Crippen LogP contribution >= 0.6 is 11.6 Å². The number of ether oxygens (including phenoxy) is 2. The molecule has 0 bridgehead atoms. The van der Waals surface area contributed by atoms with E-state index in [0.29, 0.717) is 22.3 Å². The zero-order chi connectivity index (χ0) is 25.0. The van der Waals surface area contributed by atoms with Gasteiger partial charge in [0.2, 0.25) is 0 Å². The Labute approximate surface area is 218 Å². The molecule has 1 unspecified atom stereocenters. The van der Waals surface area contributed by atoms with E-state index < -0.39 is 0 Å². The normalized spacial score (nSPS) is 20.0. The maximum atomic E-state index is 6.60. The van der Waals surface area contributed by atoms with Gasteiger partial charge in [0.05, 0.1) is 40.8 Å². The van der Waals surface area contributed by atoms with E-state index in [4.69, 9.17) is 26.1 Å². The van der Waals surface area contributed by atoms with Crippen LogP contribution in [-0.4, -0.2) is 62.2 Å². The maximum Gasteiger partial charge on any atom is 0.176 e. The molecule has 4 heterocycles.